The molecule has 1 aliphatic rings. The lowest BCUT2D eigenvalue weighted by molar-refractivity contribution is 0.0200. The van der Waals surface area contributed by atoms with Crippen LogP contribution < -0.4 is 4.74 Å². The lowest BCUT2D eigenvalue weighted by Gasteiger charge is -2.35. The van der Waals surface area contributed by atoms with Crippen LogP contribution in [0.15, 0.2) is 42.5 Å². The molecule has 20 heavy (non-hydrogen) atoms. The number of hydrogen-bond acceptors (Lipinski definition) is 2. The molecule has 0 aromatic heterocycles. The highest BCUT2D eigenvalue weighted by molar-refractivity contribution is 6.30. The molecule has 0 bridgehead atoms. The monoisotopic (exact) mass is 288 g/mol. The van der Waals surface area contributed by atoms with Gasteiger partial charge in [0, 0.05) is 17.0 Å². The zero-order valence-corrected chi connectivity index (χ0v) is 12.2. The highest BCUT2D eigenvalue weighted by atomic mass is 35.5. The van der Waals surface area contributed by atoms with Crippen LogP contribution in [0.1, 0.15) is 23.1 Å². The van der Waals surface area contributed by atoms with Crippen molar-refractivity contribution in [3.63, 3.8) is 0 Å². The predicted molar refractivity (Wildman–Crippen MR) is 80.4 cm³/mol. The molecule has 0 saturated carbocycles. The Balaban J connectivity index is 2.04. The lowest BCUT2D eigenvalue weighted by atomic mass is 9.76. The van der Waals surface area contributed by atoms with E-state index >= 15 is 0 Å². The van der Waals surface area contributed by atoms with E-state index in [0.717, 1.165) is 12.0 Å². The van der Waals surface area contributed by atoms with Crippen LogP contribution in [0.25, 0.3) is 0 Å². The maximum absolute atomic E-state index is 11.1. The van der Waals surface area contributed by atoms with Gasteiger partial charge in [-0.2, -0.15) is 0 Å². The van der Waals surface area contributed by atoms with Crippen LogP contribution >= 0.6 is 11.6 Å². The quantitative estimate of drug-likeness (QED) is 0.912. The molecule has 0 aliphatic heterocycles. The second kappa shape index (κ2) is 5.12. The number of aliphatic hydroxyl groups is 1. The van der Waals surface area contributed by atoms with Crippen molar-refractivity contribution in [2.45, 2.75) is 24.9 Å². The number of aryl methyl sites for hydroxylation is 1. The van der Waals surface area contributed by atoms with Crippen molar-refractivity contribution in [1.82, 2.24) is 0 Å². The van der Waals surface area contributed by atoms with E-state index in [4.69, 9.17) is 16.3 Å². The average molecular weight is 289 g/mol. The van der Waals surface area contributed by atoms with Crippen LogP contribution in [0, 0.1) is 0 Å². The summed E-state index contributed by atoms with van der Waals surface area (Å²) < 4.78 is 5.39. The van der Waals surface area contributed by atoms with E-state index in [0.29, 0.717) is 23.6 Å². The number of hydrogen-bond donors (Lipinski definition) is 1. The lowest BCUT2D eigenvalue weighted by Crippen LogP contribution is -2.33. The molecule has 0 spiro atoms. The van der Waals surface area contributed by atoms with E-state index in [1.165, 1.54) is 11.1 Å². The summed E-state index contributed by atoms with van der Waals surface area (Å²) in [7, 11) is 1.62. The predicted octanol–water partition coefficient (Wildman–Crippen LogP) is 3.73. The Bertz CT molecular complexity index is 639. The number of benzene rings is 2. The summed E-state index contributed by atoms with van der Waals surface area (Å²) in [5.74, 6) is 0.691. The van der Waals surface area contributed by atoms with Gasteiger partial charge < -0.3 is 9.84 Å². The number of methoxy groups -OCH3 is 1. The van der Waals surface area contributed by atoms with Crippen molar-refractivity contribution >= 4 is 11.6 Å². The minimum atomic E-state index is -0.912. The molecular weight excluding hydrogens is 272 g/mol. The molecule has 0 radical (unpaired) electrons. The minimum Gasteiger partial charge on any atom is -0.496 e. The SMILES string of the molecule is COc1ccc(Cl)cc1C1(O)CCc2ccccc2C1. The van der Waals surface area contributed by atoms with Crippen LogP contribution in [-0.4, -0.2) is 12.2 Å². The maximum atomic E-state index is 11.1. The normalized spacial score (nSPS) is 21.4. The first kappa shape index (κ1) is 13.5. The molecule has 0 amide bonds. The van der Waals surface area contributed by atoms with Gasteiger partial charge in [-0.05, 0) is 42.2 Å². The molecule has 2 nitrogen and oxygen atoms in total. The summed E-state index contributed by atoms with van der Waals surface area (Å²) in [6.07, 6.45) is 2.14. The van der Waals surface area contributed by atoms with Crippen molar-refractivity contribution in [3.8, 4) is 5.75 Å². The van der Waals surface area contributed by atoms with Gasteiger partial charge in [0.2, 0.25) is 0 Å². The van der Waals surface area contributed by atoms with Crippen LogP contribution in [0.2, 0.25) is 5.02 Å². The van der Waals surface area contributed by atoms with E-state index in [1.54, 1.807) is 13.2 Å². The largest absolute Gasteiger partial charge is 0.496 e. The summed E-state index contributed by atoms with van der Waals surface area (Å²) in [6.45, 7) is 0. The van der Waals surface area contributed by atoms with Crippen LogP contribution in [0.3, 0.4) is 0 Å². The van der Waals surface area contributed by atoms with Gasteiger partial charge in [0.05, 0.1) is 12.7 Å². The van der Waals surface area contributed by atoms with Gasteiger partial charge in [-0.3, -0.25) is 0 Å². The summed E-state index contributed by atoms with van der Waals surface area (Å²) in [5.41, 5.74) is 2.38. The molecule has 3 rings (SSSR count). The first-order valence-electron chi connectivity index (χ1n) is 6.75. The fourth-order valence-electron chi connectivity index (χ4n) is 2.99. The van der Waals surface area contributed by atoms with E-state index in [-0.39, 0.29) is 0 Å². The number of fused-ring (bicyclic) bond motifs is 1. The number of ether oxygens (including phenoxy) is 1. The Kier molecular flexibility index (Phi) is 3.45. The number of rotatable bonds is 2. The van der Waals surface area contributed by atoms with Crippen molar-refractivity contribution < 1.29 is 9.84 Å². The molecule has 2 aromatic rings. The zero-order chi connectivity index (χ0) is 14.2. The Morgan fingerprint density at radius 1 is 1.15 bits per heavy atom. The molecule has 3 heteroatoms. The third-order valence-electron chi connectivity index (χ3n) is 4.07. The molecule has 2 aromatic carbocycles. The van der Waals surface area contributed by atoms with Gasteiger partial charge >= 0.3 is 0 Å². The van der Waals surface area contributed by atoms with Gasteiger partial charge in [0.15, 0.2) is 0 Å². The van der Waals surface area contributed by atoms with Gasteiger partial charge in [-0.1, -0.05) is 35.9 Å². The molecule has 0 saturated heterocycles. The molecular formula is C17H17ClO2. The zero-order valence-electron chi connectivity index (χ0n) is 11.4. The highest BCUT2D eigenvalue weighted by Gasteiger charge is 2.36. The standard InChI is InChI=1S/C17H17ClO2/c1-20-16-7-6-14(18)10-15(16)17(19)9-8-12-4-2-3-5-13(12)11-17/h2-7,10,19H,8-9,11H2,1H3. The van der Waals surface area contributed by atoms with E-state index in [9.17, 15) is 5.11 Å². The Labute approximate surface area is 124 Å². The summed E-state index contributed by atoms with van der Waals surface area (Å²) in [5, 5.41) is 11.7. The molecule has 1 aliphatic carbocycles. The molecule has 0 fully saturated rings. The smallest absolute Gasteiger partial charge is 0.125 e. The van der Waals surface area contributed by atoms with Gasteiger partial charge in [-0.15, -0.1) is 0 Å². The first-order chi connectivity index (χ1) is 9.62. The Hall–Kier alpha value is -1.51. The van der Waals surface area contributed by atoms with Gasteiger partial charge in [-0.25, -0.2) is 0 Å². The second-order valence-electron chi connectivity index (χ2n) is 5.32. The molecule has 1 unspecified atom stereocenters. The minimum absolute atomic E-state index is 0.597. The Morgan fingerprint density at radius 2 is 1.90 bits per heavy atom. The average Bonchev–Trinajstić information content (AvgIpc) is 2.47. The van der Waals surface area contributed by atoms with Crippen LogP contribution in [-0.2, 0) is 18.4 Å². The van der Waals surface area contributed by atoms with E-state index in [2.05, 4.69) is 12.1 Å². The van der Waals surface area contributed by atoms with Gasteiger partial charge in [0.25, 0.3) is 0 Å². The topological polar surface area (TPSA) is 29.5 Å². The fourth-order valence-corrected chi connectivity index (χ4v) is 3.16. The molecule has 104 valence electrons. The highest BCUT2D eigenvalue weighted by Crippen LogP contribution is 2.41. The summed E-state index contributed by atoms with van der Waals surface area (Å²) in [6, 6.07) is 13.7. The van der Waals surface area contributed by atoms with Crippen molar-refractivity contribution in [2.24, 2.45) is 0 Å². The van der Waals surface area contributed by atoms with Crippen molar-refractivity contribution in [1.29, 1.82) is 0 Å². The number of halogens is 1. The van der Waals surface area contributed by atoms with Crippen LogP contribution in [0.4, 0.5) is 0 Å². The Morgan fingerprint density at radius 3 is 2.65 bits per heavy atom. The van der Waals surface area contributed by atoms with E-state index < -0.39 is 5.60 Å². The van der Waals surface area contributed by atoms with Crippen molar-refractivity contribution in [3.05, 3.63) is 64.2 Å². The first-order valence-corrected chi connectivity index (χ1v) is 7.13. The maximum Gasteiger partial charge on any atom is 0.125 e. The molecule has 0 heterocycles. The summed E-state index contributed by atoms with van der Waals surface area (Å²) >= 11 is 6.09. The third kappa shape index (κ3) is 2.30. The third-order valence-corrected chi connectivity index (χ3v) is 4.31. The summed E-state index contributed by atoms with van der Waals surface area (Å²) in [4.78, 5) is 0. The second-order valence-corrected chi connectivity index (χ2v) is 5.76. The van der Waals surface area contributed by atoms with Crippen molar-refractivity contribution in [2.75, 3.05) is 7.11 Å². The fraction of sp³-hybridized carbons (Fsp3) is 0.294. The molecule has 1 N–H and O–H groups in total. The van der Waals surface area contributed by atoms with Crippen LogP contribution in [0.5, 0.6) is 5.75 Å². The van der Waals surface area contributed by atoms with Gasteiger partial charge in [0.1, 0.15) is 5.75 Å². The van der Waals surface area contributed by atoms with E-state index in [1.807, 2.05) is 24.3 Å². The molecule has 1 atom stereocenters.